The van der Waals surface area contributed by atoms with E-state index in [0.29, 0.717) is 16.8 Å². The SMILES string of the molecule is CCC1CSC(Nc2ccc(Cl)c(OC)c2)=N1. The third kappa shape index (κ3) is 3.07. The summed E-state index contributed by atoms with van der Waals surface area (Å²) in [5, 5.41) is 4.87. The Labute approximate surface area is 111 Å². The quantitative estimate of drug-likeness (QED) is 0.910. The summed E-state index contributed by atoms with van der Waals surface area (Å²) in [6.07, 6.45) is 1.09. The van der Waals surface area contributed by atoms with E-state index in [1.54, 1.807) is 18.9 Å². The Hall–Kier alpha value is -0.870. The molecule has 1 heterocycles. The second kappa shape index (κ2) is 5.65. The molecule has 2 rings (SSSR count). The molecule has 0 saturated carbocycles. The second-order valence-corrected chi connectivity index (χ2v) is 5.20. The lowest BCUT2D eigenvalue weighted by atomic mass is 10.3. The number of anilines is 1. The standard InChI is InChI=1S/C12H15ClN2OS/c1-3-8-7-17-12(14-8)15-9-4-5-10(13)11(6-9)16-2/h4-6,8H,3,7H2,1-2H3,(H,14,15). The van der Waals surface area contributed by atoms with Gasteiger partial charge in [-0.25, -0.2) is 0 Å². The van der Waals surface area contributed by atoms with Gasteiger partial charge in [0.2, 0.25) is 0 Å². The molecule has 1 N–H and O–H groups in total. The summed E-state index contributed by atoms with van der Waals surface area (Å²) in [5.41, 5.74) is 0.953. The number of amidine groups is 1. The van der Waals surface area contributed by atoms with E-state index in [-0.39, 0.29) is 0 Å². The topological polar surface area (TPSA) is 33.6 Å². The van der Waals surface area contributed by atoms with Crippen LogP contribution in [0.1, 0.15) is 13.3 Å². The third-order valence-electron chi connectivity index (χ3n) is 2.59. The normalized spacial score (nSPS) is 19.0. The van der Waals surface area contributed by atoms with Crippen molar-refractivity contribution in [3.63, 3.8) is 0 Å². The molecule has 5 heteroatoms. The molecular formula is C12H15ClN2OS. The van der Waals surface area contributed by atoms with Crippen molar-refractivity contribution in [1.82, 2.24) is 0 Å². The van der Waals surface area contributed by atoms with Gasteiger partial charge >= 0.3 is 0 Å². The maximum Gasteiger partial charge on any atom is 0.161 e. The highest BCUT2D eigenvalue weighted by Crippen LogP contribution is 2.29. The van der Waals surface area contributed by atoms with Crippen molar-refractivity contribution in [2.75, 3.05) is 18.2 Å². The number of benzene rings is 1. The summed E-state index contributed by atoms with van der Waals surface area (Å²) < 4.78 is 5.17. The van der Waals surface area contributed by atoms with Gasteiger partial charge in [-0.2, -0.15) is 0 Å². The van der Waals surface area contributed by atoms with E-state index >= 15 is 0 Å². The van der Waals surface area contributed by atoms with Crippen molar-refractivity contribution in [3.05, 3.63) is 23.2 Å². The van der Waals surface area contributed by atoms with E-state index in [1.165, 1.54) is 0 Å². The largest absolute Gasteiger partial charge is 0.495 e. The fraction of sp³-hybridized carbons (Fsp3) is 0.417. The number of thioether (sulfide) groups is 1. The van der Waals surface area contributed by atoms with E-state index in [2.05, 4.69) is 17.2 Å². The molecule has 0 fully saturated rings. The van der Waals surface area contributed by atoms with Gasteiger partial charge in [-0.15, -0.1) is 0 Å². The van der Waals surface area contributed by atoms with E-state index in [9.17, 15) is 0 Å². The number of hydrogen-bond acceptors (Lipinski definition) is 4. The van der Waals surface area contributed by atoms with Crippen molar-refractivity contribution in [2.24, 2.45) is 4.99 Å². The summed E-state index contributed by atoms with van der Waals surface area (Å²) in [6.45, 7) is 2.16. The van der Waals surface area contributed by atoms with E-state index in [0.717, 1.165) is 23.0 Å². The molecule has 0 amide bonds. The van der Waals surface area contributed by atoms with Crippen molar-refractivity contribution >= 4 is 34.2 Å². The van der Waals surface area contributed by atoms with Gasteiger partial charge in [0.05, 0.1) is 18.2 Å². The number of hydrogen-bond donors (Lipinski definition) is 1. The van der Waals surface area contributed by atoms with Crippen LogP contribution in [0.2, 0.25) is 5.02 Å². The Bertz CT molecular complexity index is 437. The van der Waals surface area contributed by atoms with Gasteiger partial charge in [-0.05, 0) is 18.6 Å². The molecule has 1 aromatic carbocycles. The Morgan fingerprint density at radius 2 is 2.41 bits per heavy atom. The van der Waals surface area contributed by atoms with Gasteiger partial charge in [0.1, 0.15) is 5.75 Å². The molecule has 92 valence electrons. The molecule has 0 bridgehead atoms. The number of nitrogens with one attached hydrogen (secondary N) is 1. The molecular weight excluding hydrogens is 256 g/mol. The summed E-state index contributed by atoms with van der Waals surface area (Å²) in [7, 11) is 1.61. The maximum absolute atomic E-state index is 5.97. The van der Waals surface area contributed by atoms with Crippen LogP contribution in [0, 0.1) is 0 Å². The zero-order chi connectivity index (χ0) is 12.3. The fourth-order valence-electron chi connectivity index (χ4n) is 1.55. The van der Waals surface area contributed by atoms with Crippen LogP contribution in [-0.2, 0) is 0 Å². The Morgan fingerprint density at radius 3 is 3.06 bits per heavy atom. The molecule has 1 atom stereocenters. The molecule has 0 spiro atoms. The van der Waals surface area contributed by atoms with Gasteiger partial charge in [-0.3, -0.25) is 4.99 Å². The molecule has 1 aliphatic rings. The Kier molecular flexibility index (Phi) is 4.18. The monoisotopic (exact) mass is 270 g/mol. The number of nitrogens with zero attached hydrogens (tertiary/aromatic N) is 1. The fourth-order valence-corrected chi connectivity index (χ4v) is 2.82. The minimum atomic E-state index is 0.441. The van der Waals surface area contributed by atoms with Crippen molar-refractivity contribution in [2.45, 2.75) is 19.4 Å². The molecule has 0 radical (unpaired) electrons. The number of halogens is 1. The number of rotatable bonds is 3. The smallest absolute Gasteiger partial charge is 0.161 e. The summed E-state index contributed by atoms with van der Waals surface area (Å²) in [5.74, 6) is 1.73. The average Bonchev–Trinajstić information content (AvgIpc) is 2.79. The van der Waals surface area contributed by atoms with Gasteiger partial charge in [-0.1, -0.05) is 30.3 Å². The molecule has 0 aliphatic carbocycles. The lowest BCUT2D eigenvalue weighted by molar-refractivity contribution is 0.415. The average molecular weight is 271 g/mol. The van der Waals surface area contributed by atoms with Gasteiger partial charge in [0, 0.05) is 17.5 Å². The first-order valence-electron chi connectivity index (χ1n) is 5.54. The minimum absolute atomic E-state index is 0.441. The lowest BCUT2D eigenvalue weighted by Gasteiger charge is -2.08. The molecule has 17 heavy (non-hydrogen) atoms. The number of methoxy groups -OCH3 is 1. The van der Waals surface area contributed by atoms with Crippen molar-refractivity contribution in [1.29, 1.82) is 0 Å². The van der Waals surface area contributed by atoms with Crippen LogP contribution in [0.15, 0.2) is 23.2 Å². The molecule has 1 aliphatic heterocycles. The summed E-state index contributed by atoms with van der Waals surface area (Å²) in [4.78, 5) is 4.57. The zero-order valence-corrected chi connectivity index (χ0v) is 11.4. The third-order valence-corrected chi connectivity index (χ3v) is 3.93. The zero-order valence-electron chi connectivity index (χ0n) is 9.87. The molecule has 0 aromatic heterocycles. The maximum atomic E-state index is 5.97. The van der Waals surface area contributed by atoms with Gasteiger partial charge < -0.3 is 10.1 Å². The predicted molar refractivity (Wildman–Crippen MR) is 75.6 cm³/mol. The van der Waals surface area contributed by atoms with Crippen LogP contribution < -0.4 is 10.1 Å². The van der Waals surface area contributed by atoms with Crippen LogP contribution in [-0.4, -0.2) is 24.1 Å². The highest BCUT2D eigenvalue weighted by molar-refractivity contribution is 8.14. The van der Waals surface area contributed by atoms with Crippen LogP contribution in [0.3, 0.4) is 0 Å². The second-order valence-electron chi connectivity index (χ2n) is 3.78. The van der Waals surface area contributed by atoms with Crippen LogP contribution in [0.5, 0.6) is 5.75 Å². The minimum Gasteiger partial charge on any atom is -0.495 e. The van der Waals surface area contributed by atoms with Gasteiger partial charge in [0.15, 0.2) is 5.17 Å². The first kappa shape index (κ1) is 12.6. The molecule has 1 aromatic rings. The highest BCUT2D eigenvalue weighted by atomic mass is 35.5. The van der Waals surface area contributed by atoms with E-state index in [4.69, 9.17) is 16.3 Å². The predicted octanol–water partition coefficient (Wildman–Crippen LogP) is 3.64. The van der Waals surface area contributed by atoms with E-state index < -0.39 is 0 Å². The van der Waals surface area contributed by atoms with Crippen molar-refractivity contribution < 1.29 is 4.74 Å². The number of aliphatic imine (C=N–C) groups is 1. The van der Waals surface area contributed by atoms with Crippen LogP contribution in [0.4, 0.5) is 5.69 Å². The molecule has 0 saturated heterocycles. The highest BCUT2D eigenvalue weighted by Gasteiger charge is 2.16. The van der Waals surface area contributed by atoms with Gasteiger partial charge in [0.25, 0.3) is 0 Å². The van der Waals surface area contributed by atoms with Crippen LogP contribution >= 0.6 is 23.4 Å². The first-order chi connectivity index (χ1) is 8.22. The molecule has 3 nitrogen and oxygen atoms in total. The van der Waals surface area contributed by atoms with Crippen molar-refractivity contribution in [3.8, 4) is 5.75 Å². The van der Waals surface area contributed by atoms with Crippen LogP contribution in [0.25, 0.3) is 0 Å². The first-order valence-corrected chi connectivity index (χ1v) is 6.90. The summed E-state index contributed by atoms with van der Waals surface area (Å²) >= 11 is 7.72. The Balaban J connectivity index is 2.09. The Morgan fingerprint density at radius 1 is 1.59 bits per heavy atom. The number of ether oxygens (including phenoxy) is 1. The lowest BCUT2D eigenvalue weighted by Crippen LogP contribution is -2.05. The summed E-state index contributed by atoms with van der Waals surface area (Å²) in [6, 6.07) is 6.06. The van der Waals surface area contributed by atoms with E-state index in [1.807, 2.05) is 18.2 Å². The molecule has 1 unspecified atom stereocenters.